The smallest absolute Gasteiger partial charge is 0.241 e. The molecule has 0 amide bonds. The number of anilines is 4. The van der Waals surface area contributed by atoms with E-state index in [0.29, 0.717) is 25.0 Å². The first-order chi connectivity index (χ1) is 27.7. The average Bonchev–Trinajstić information content (AvgIpc) is 4.08. The van der Waals surface area contributed by atoms with Crippen molar-refractivity contribution in [3.05, 3.63) is 133 Å². The number of hydrogen-bond donors (Lipinski definition) is 2. The van der Waals surface area contributed by atoms with E-state index < -0.39 is 0 Å². The fraction of sp³-hybridized carbons (Fsp3) is 0.190. The minimum atomic E-state index is 0.240. The predicted molar refractivity (Wildman–Crippen MR) is 219 cm³/mol. The minimum absolute atomic E-state index is 0.240. The third-order valence-corrected chi connectivity index (χ3v) is 11.1. The Morgan fingerprint density at radius 3 is 1.36 bits per heavy atom. The van der Waals surface area contributed by atoms with Gasteiger partial charge in [0.05, 0.1) is 33.6 Å². The lowest BCUT2D eigenvalue weighted by Crippen LogP contribution is -2.04. The Kier molecular flexibility index (Phi) is 10.7. The van der Waals surface area contributed by atoms with Gasteiger partial charge in [-0.3, -0.25) is 9.97 Å². The van der Waals surface area contributed by atoms with Gasteiger partial charge in [0.2, 0.25) is 11.8 Å². The summed E-state index contributed by atoms with van der Waals surface area (Å²) in [6.45, 7) is 2.85. The van der Waals surface area contributed by atoms with Gasteiger partial charge in [0.1, 0.15) is 22.9 Å². The van der Waals surface area contributed by atoms with Crippen LogP contribution in [0, 0.1) is 0 Å². The first-order valence-corrected chi connectivity index (χ1v) is 19.9. The summed E-state index contributed by atoms with van der Waals surface area (Å²) in [7, 11) is 0. The monoisotopic (exact) mass is 780 g/mol. The molecule has 10 rings (SSSR count). The van der Waals surface area contributed by atoms with Crippen molar-refractivity contribution in [3.8, 4) is 23.3 Å². The van der Waals surface area contributed by atoms with Gasteiger partial charge in [-0.1, -0.05) is 46.9 Å². The van der Waals surface area contributed by atoms with Gasteiger partial charge in [-0.2, -0.15) is 0 Å². The summed E-state index contributed by atoms with van der Waals surface area (Å²) < 4.78 is 25.3. The molecule has 0 spiro atoms. The molecule has 14 heteroatoms. The summed E-state index contributed by atoms with van der Waals surface area (Å²) in [5.74, 6) is 3.01. The third kappa shape index (κ3) is 8.43. The van der Waals surface area contributed by atoms with Crippen molar-refractivity contribution < 1.29 is 18.9 Å². The average molecular weight is 781 g/mol. The van der Waals surface area contributed by atoms with Crippen molar-refractivity contribution in [2.75, 3.05) is 37.1 Å². The van der Waals surface area contributed by atoms with Gasteiger partial charge in [-0.15, -0.1) is 0 Å². The number of aromatic nitrogens is 6. The number of ether oxygens (including phenoxy) is 4. The van der Waals surface area contributed by atoms with Crippen LogP contribution < -0.4 is 20.1 Å². The zero-order valence-corrected chi connectivity index (χ0v) is 31.7. The SMILES string of the molecule is c1ccc2sc(Nc3ccc(Oc4nccnc4[C@@H]4CCOC4)cc3)nc2c1.c1ccc2sc(Nc3ccc(Oc4nccnc4[C@H]4CCOC4)cc3)nc2c1. The molecule has 12 nitrogen and oxygen atoms in total. The van der Waals surface area contributed by atoms with Crippen LogP contribution in [-0.4, -0.2) is 56.3 Å². The van der Waals surface area contributed by atoms with Gasteiger partial charge in [0, 0.05) is 61.2 Å². The van der Waals surface area contributed by atoms with Crippen molar-refractivity contribution in [1.82, 2.24) is 29.9 Å². The van der Waals surface area contributed by atoms with Gasteiger partial charge in [0.25, 0.3) is 0 Å². The fourth-order valence-electron chi connectivity index (χ4n) is 6.42. The summed E-state index contributed by atoms with van der Waals surface area (Å²) in [4.78, 5) is 26.9. The first kappa shape index (κ1) is 35.6. The zero-order valence-electron chi connectivity index (χ0n) is 30.1. The van der Waals surface area contributed by atoms with Crippen LogP contribution in [0.5, 0.6) is 23.3 Å². The number of hydrogen-bond acceptors (Lipinski definition) is 14. The number of benzene rings is 4. The lowest BCUT2D eigenvalue weighted by Gasteiger charge is -2.12. The molecule has 0 bridgehead atoms. The van der Waals surface area contributed by atoms with Crippen molar-refractivity contribution in [2.45, 2.75) is 24.7 Å². The van der Waals surface area contributed by atoms with E-state index in [0.717, 1.165) is 91.0 Å². The van der Waals surface area contributed by atoms with Gasteiger partial charge in [-0.25, -0.2) is 19.9 Å². The van der Waals surface area contributed by atoms with Crippen molar-refractivity contribution >= 4 is 64.7 Å². The molecule has 6 heterocycles. The van der Waals surface area contributed by atoms with E-state index in [1.165, 1.54) is 0 Å². The molecule has 2 N–H and O–H groups in total. The lowest BCUT2D eigenvalue weighted by atomic mass is 10.1. The molecule has 56 heavy (non-hydrogen) atoms. The van der Waals surface area contributed by atoms with Crippen LogP contribution in [0.3, 0.4) is 0 Å². The topological polar surface area (TPSA) is 138 Å². The van der Waals surface area contributed by atoms with Crippen molar-refractivity contribution in [3.63, 3.8) is 0 Å². The van der Waals surface area contributed by atoms with E-state index in [4.69, 9.17) is 18.9 Å². The Balaban J connectivity index is 0.000000146. The molecular formula is C42H36N8O4S2. The zero-order chi connectivity index (χ0) is 37.5. The number of thiazole rings is 2. The second-order valence-corrected chi connectivity index (χ2v) is 15.2. The molecule has 2 aliphatic heterocycles. The normalized spacial score (nSPS) is 16.4. The van der Waals surface area contributed by atoms with Crippen molar-refractivity contribution in [2.24, 2.45) is 0 Å². The van der Waals surface area contributed by atoms with Crippen LogP contribution in [0.25, 0.3) is 20.4 Å². The van der Waals surface area contributed by atoms with E-state index in [1.807, 2.05) is 84.9 Å². The molecule has 0 saturated carbocycles. The second-order valence-electron chi connectivity index (χ2n) is 13.1. The number of fused-ring (bicyclic) bond motifs is 2. The molecule has 4 aromatic heterocycles. The Morgan fingerprint density at radius 2 is 0.946 bits per heavy atom. The molecule has 0 aliphatic carbocycles. The third-order valence-electron chi connectivity index (χ3n) is 9.24. The molecule has 2 saturated heterocycles. The van der Waals surface area contributed by atoms with Crippen LogP contribution >= 0.6 is 22.7 Å². The Morgan fingerprint density at radius 1 is 0.518 bits per heavy atom. The maximum atomic E-state index is 6.01. The standard InChI is InChI=1S/2C21H18N4O2S/c2*1-2-4-18-17(3-1)25-21(28-18)24-15-5-7-16(8-6-15)27-20-19(22-10-11-23-20)14-9-12-26-13-14/h2*1-8,10-11,14H,9,12-13H2,(H,24,25)/t2*14-/m10/s1. The summed E-state index contributed by atoms with van der Waals surface area (Å²) in [6.07, 6.45) is 8.59. The molecule has 2 fully saturated rings. The number of rotatable bonds is 10. The molecule has 0 radical (unpaired) electrons. The van der Waals surface area contributed by atoms with E-state index in [-0.39, 0.29) is 11.8 Å². The quantitative estimate of drug-likeness (QED) is 0.137. The van der Waals surface area contributed by atoms with Crippen molar-refractivity contribution in [1.29, 1.82) is 0 Å². The molecule has 4 aromatic carbocycles. The largest absolute Gasteiger partial charge is 0.437 e. The number of nitrogens with zero attached hydrogens (tertiary/aromatic N) is 6. The van der Waals surface area contributed by atoms with Gasteiger partial charge in [0.15, 0.2) is 10.3 Å². The summed E-state index contributed by atoms with van der Waals surface area (Å²) >= 11 is 3.26. The molecule has 2 aliphatic rings. The molecule has 0 unspecified atom stereocenters. The predicted octanol–water partition coefficient (Wildman–Crippen LogP) is 10.3. The molecule has 2 atom stereocenters. The van der Waals surface area contributed by atoms with Crippen LogP contribution in [0.2, 0.25) is 0 Å². The Bertz CT molecular complexity index is 2290. The number of para-hydroxylation sites is 2. The molecular weight excluding hydrogens is 745 g/mol. The molecule has 8 aromatic rings. The Hall–Kier alpha value is -6.06. The van der Waals surface area contributed by atoms with Crippen LogP contribution in [-0.2, 0) is 9.47 Å². The highest BCUT2D eigenvalue weighted by atomic mass is 32.1. The first-order valence-electron chi connectivity index (χ1n) is 18.3. The van der Waals surface area contributed by atoms with Gasteiger partial charge < -0.3 is 29.6 Å². The van der Waals surface area contributed by atoms with E-state index in [9.17, 15) is 0 Å². The van der Waals surface area contributed by atoms with Crippen LogP contribution in [0.15, 0.2) is 122 Å². The van der Waals surface area contributed by atoms with E-state index in [1.54, 1.807) is 47.5 Å². The highest BCUT2D eigenvalue weighted by Crippen LogP contribution is 2.35. The number of nitrogens with one attached hydrogen (secondary N) is 2. The van der Waals surface area contributed by atoms with E-state index >= 15 is 0 Å². The highest BCUT2D eigenvalue weighted by molar-refractivity contribution is 7.22. The maximum absolute atomic E-state index is 6.01. The van der Waals surface area contributed by atoms with E-state index in [2.05, 4.69) is 52.7 Å². The summed E-state index contributed by atoms with van der Waals surface area (Å²) in [6, 6.07) is 31.8. The fourth-order valence-corrected chi connectivity index (χ4v) is 8.20. The van der Waals surface area contributed by atoms with Crippen LogP contribution in [0.4, 0.5) is 21.6 Å². The Labute approximate surface area is 330 Å². The maximum Gasteiger partial charge on any atom is 0.241 e. The molecule has 280 valence electrons. The van der Waals surface area contributed by atoms with Gasteiger partial charge >= 0.3 is 0 Å². The summed E-state index contributed by atoms with van der Waals surface area (Å²) in [5, 5.41) is 8.43. The highest BCUT2D eigenvalue weighted by Gasteiger charge is 2.25. The minimum Gasteiger partial charge on any atom is -0.437 e. The summed E-state index contributed by atoms with van der Waals surface area (Å²) in [5.41, 5.74) is 5.63. The van der Waals surface area contributed by atoms with Gasteiger partial charge in [-0.05, 0) is 85.6 Å². The van der Waals surface area contributed by atoms with Crippen LogP contribution in [0.1, 0.15) is 36.1 Å². The second kappa shape index (κ2) is 16.8. The lowest BCUT2D eigenvalue weighted by molar-refractivity contribution is 0.193.